The van der Waals surface area contributed by atoms with Crippen LogP contribution in [0.15, 0.2) is 53.9 Å². The Hall–Kier alpha value is -1.91. The summed E-state index contributed by atoms with van der Waals surface area (Å²) < 4.78 is 13.0. The van der Waals surface area contributed by atoms with Crippen molar-refractivity contribution >= 4 is 28.6 Å². The van der Waals surface area contributed by atoms with Crippen molar-refractivity contribution in [2.24, 2.45) is 0 Å². The van der Waals surface area contributed by atoms with E-state index in [1.807, 2.05) is 35.7 Å². The summed E-state index contributed by atoms with van der Waals surface area (Å²) in [6.07, 6.45) is 0. The van der Waals surface area contributed by atoms with Crippen LogP contribution in [0.2, 0.25) is 5.02 Å². The highest BCUT2D eigenvalue weighted by atomic mass is 35.5. The van der Waals surface area contributed by atoms with Crippen molar-refractivity contribution in [3.05, 3.63) is 69.8 Å². The molecule has 5 heteroatoms. The Balaban J connectivity index is 1.70. The van der Waals surface area contributed by atoms with Crippen molar-refractivity contribution in [2.75, 3.05) is 5.32 Å². The van der Waals surface area contributed by atoms with Crippen LogP contribution in [0.3, 0.4) is 0 Å². The largest absolute Gasteiger partial charge is 0.377 e. The quantitative estimate of drug-likeness (QED) is 0.714. The maximum atomic E-state index is 13.0. The molecule has 0 amide bonds. The number of aromatic nitrogens is 1. The third-order valence-electron chi connectivity index (χ3n) is 2.98. The van der Waals surface area contributed by atoms with Gasteiger partial charge in [0.25, 0.3) is 0 Å². The van der Waals surface area contributed by atoms with Crippen molar-refractivity contribution in [2.45, 2.75) is 6.54 Å². The smallest absolute Gasteiger partial charge is 0.124 e. The predicted molar refractivity (Wildman–Crippen MR) is 86.3 cm³/mol. The van der Waals surface area contributed by atoms with E-state index in [0.29, 0.717) is 17.3 Å². The number of halogens is 2. The SMILES string of the molecule is Fc1ccc(NCc2nc(-c3ccccc3)cs2)c(Cl)c1. The van der Waals surface area contributed by atoms with Crippen molar-refractivity contribution in [3.8, 4) is 11.3 Å². The molecule has 0 atom stereocenters. The van der Waals surface area contributed by atoms with Gasteiger partial charge in [-0.15, -0.1) is 11.3 Å². The molecule has 0 saturated heterocycles. The molecule has 21 heavy (non-hydrogen) atoms. The Kier molecular flexibility index (Phi) is 4.18. The summed E-state index contributed by atoms with van der Waals surface area (Å²) in [4.78, 5) is 4.58. The highest BCUT2D eigenvalue weighted by Gasteiger charge is 2.06. The normalized spacial score (nSPS) is 10.6. The zero-order valence-electron chi connectivity index (χ0n) is 11.0. The van der Waals surface area contributed by atoms with Crippen molar-refractivity contribution in [1.82, 2.24) is 4.98 Å². The van der Waals surface area contributed by atoms with Crippen LogP contribution < -0.4 is 5.32 Å². The fourth-order valence-electron chi connectivity index (χ4n) is 1.94. The summed E-state index contributed by atoms with van der Waals surface area (Å²) in [6.45, 7) is 0.558. The van der Waals surface area contributed by atoms with Gasteiger partial charge in [-0.2, -0.15) is 0 Å². The Labute approximate surface area is 131 Å². The molecule has 0 aliphatic rings. The van der Waals surface area contributed by atoms with E-state index in [9.17, 15) is 4.39 Å². The van der Waals surface area contributed by atoms with E-state index >= 15 is 0 Å². The standard InChI is InChI=1S/C16H12ClFN2S/c17-13-8-12(18)6-7-14(13)19-9-16-20-15(10-21-16)11-4-2-1-3-5-11/h1-8,10,19H,9H2. The molecule has 0 bridgehead atoms. The minimum atomic E-state index is -0.342. The lowest BCUT2D eigenvalue weighted by atomic mass is 10.2. The lowest BCUT2D eigenvalue weighted by Gasteiger charge is -2.06. The minimum absolute atomic E-state index is 0.342. The van der Waals surface area contributed by atoms with Crippen LogP contribution in [0.1, 0.15) is 5.01 Å². The molecule has 3 rings (SSSR count). The number of hydrogen-bond acceptors (Lipinski definition) is 3. The van der Waals surface area contributed by atoms with Crippen LogP contribution in [0, 0.1) is 5.82 Å². The Bertz CT molecular complexity index is 743. The molecular weight excluding hydrogens is 307 g/mol. The van der Waals surface area contributed by atoms with Gasteiger partial charge in [-0.05, 0) is 18.2 Å². The molecule has 1 heterocycles. The number of hydrogen-bond donors (Lipinski definition) is 1. The first kappa shape index (κ1) is 14.0. The Morgan fingerprint density at radius 1 is 1.14 bits per heavy atom. The maximum absolute atomic E-state index is 13.0. The zero-order chi connectivity index (χ0) is 14.7. The number of anilines is 1. The van der Waals surface area contributed by atoms with Gasteiger partial charge in [-0.1, -0.05) is 41.9 Å². The summed E-state index contributed by atoms with van der Waals surface area (Å²) in [5.74, 6) is -0.342. The fourth-order valence-corrected chi connectivity index (χ4v) is 2.91. The lowest BCUT2D eigenvalue weighted by molar-refractivity contribution is 0.628. The van der Waals surface area contributed by atoms with Gasteiger partial charge in [0.05, 0.1) is 22.9 Å². The van der Waals surface area contributed by atoms with E-state index in [1.165, 1.54) is 12.1 Å². The molecule has 0 aliphatic heterocycles. The van der Waals surface area contributed by atoms with E-state index in [0.717, 1.165) is 16.3 Å². The summed E-state index contributed by atoms with van der Waals surface area (Å²) in [5, 5.41) is 6.52. The Morgan fingerprint density at radius 3 is 2.71 bits per heavy atom. The molecule has 3 aromatic rings. The van der Waals surface area contributed by atoms with Crippen LogP contribution in [0.25, 0.3) is 11.3 Å². The topological polar surface area (TPSA) is 24.9 Å². The van der Waals surface area contributed by atoms with Crippen LogP contribution >= 0.6 is 22.9 Å². The second-order valence-corrected chi connectivity index (χ2v) is 5.82. The lowest BCUT2D eigenvalue weighted by Crippen LogP contribution is -1.99. The highest BCUT2D eigenvalue weighted by Crippen LogP contribution is 2.25. The molecule has 0 unspecified atom stereocenters. The summed E-state index contributed by atoms with van der Waals surface area (Å²) >= 11 is 7.56. The van der Waals surface area contributed by atoms with E-state index in [-0.39, 0.29) is 5.82 Å². The van der Waals surface area contributed by atoms with E-state index in [1.54, 1.807) is 17.4 Å². The molecule has 0 saturated carbocycles. The molecule has 2 nitrogen and oxygen atoms in total. The van der Waals surface area contributed by atoms with Gasteiger partial charge in [0.15, 0.2) is 0 Å². The molecule has 1 aromatic heterocycles. The molecule has 0 radical (unpaired) electrons. The first-order valence-corrected chi connectivity index (χ1v) is 7.67. The molecule has 0 spiro atoms. The number of nitrogens with zero attached hydrogens (tertiary/aromatic N) is 1. The van der Waals surface area contributed by atoms with Gasteiger partial charge in [-0.3, -0.25) is 0 Å². The molecular formula is C16H12ClFN2S. The molecule has 106 valence electrons. The predicted octanol–water partition coefficient (Wildman–Crippen LogP) is 5.21. The molecule has 0 aliphatic carbocycles. The number of benzene rings is 2. The third kappa shape index (κ3) is 3.40. The number of rotatable bonds is 4. The van der Waals surface area contributed by atoms with Crippen LogP contribution in [0.5, 0.6) is 0 Å². The van der Waals surface area contributed by atoms with Gasteiger partial charge >= 0.3 is 0 Å². The first-order chi connectivity index (χ1) is 10.2. The second-order valence-electron chi connectivity index (χ2n) is 4.47. The van der Waals surface area contributed by atoms with Gasteiger partial charge in [-0.25, -0.2) is 9.37 Å². The summed E-state index contributed by atoms with van der Waals surface area (Å²) in [5.41, 5.74) is 2.76. The minimum Gasteiger partial charge on any atom is -0.377 e. The first-order valence-electron chi connectivity index (χ1n) is 6.41. The van der Waals surface area contributed by atoms with Gasteiger partial charge in [0.1, 0.15) is 10.8 Å². The second kappa shape index (κ2) is 6.24. The van der Waals surface area contributed by atoms with E-state index < -0.39 is 0 Å². The van der Waals surface area contributed by atoms with E-state index in [2.05, 4.69) is 10.3 Å². The monoisotopic (exact) mass is 318 g/mol. The summed E-state index contributed by atoms with van der Waals surface area (Å²) in [7, 11) is 0. The summed E-state index contributed by atoms with van der Waals surface area (Å²) in [6, 6.07) is 14.3. The fraction of sp³-hybridized carbons (Fsp3) is 0.0625. The molecule has 1 N–H and O–H groups in total. The van der Waals surface area contributed by atoms with Crippen LogP contribution in [0.4, 0.5) is 10.1 Å². The van der Waals surface area contributed by atoms with Crippen LogP contribution in [-0.2, 0) is 6.54 Å². The molecule has 2 aromatic carbocycles. The van der Waals surface area contributed by atoms with Crippen molar-refractivity contribution in [3.63, 3.8) is 0 Å². The van der Waals surface area contributed by atoms with Gasteiger partial charge < -0.3 is 5.32 Å². The van der Waals surface area contributed by atoms with E-state index in [4.69, 9.17) is 11.6 Å². The zero-order valence-corrected chi connectivity index (χ0v) is 12.6. The highest BCUT2D eigenvalue weighted by molar-refractivity contribution is 7.09. The van der Waals surface area contributed by atoms with Gasteiger partial charge in [0, 0.05) is 10.9 Å². The van der Waals surface area contributed by atoms with Crippen molar-refractivity contribution < 1.29 is 4.39 Å². The molecule has 0 fully saturated rings. The number of nitrogens with one attached hydrogen (secondary N) is 1. The third-order valence-corrected chi connectivity index (χ3v) is 4.14. The number of thiazole rings is 1. The maximum Gasteiger partial charge on any atom is 0.124 e. The van der Waals surface area contributed by atoms with Gasteiger partial charge in [0.2, 0.25) is 0 Å². The average Bonchev–Trinajstić information content (AvgIpc) is 2.96. The average molecular weight is 319 g/mol. The van der Waals surface area contributed by atoms with Crippen molar-refractivity contribution in [1.29, 1.82) is 0 Å². The van der Waals surface area contributed by atoms with Crippen LogP contribution in [-0.4, -0.2) is 4.98 Å². The Morgan fingerprint density at radius 2 is 1.95 bits per heavy atom.